The fourth-order valence-electron chi connectivity index (χ4n) is 1.91. The molecule has 2 aromatic rings. The van der Waals surface area contributed by atoms with E-state index in [1.54, 1.807) is 0 Å². The summed E-state index contributed by atoms with van der Waals surface area (Å²) in [5, 5.41) is 3.95. The van der Waals surface area contributed by atoms with Crippen molar-refractivity contribution in [3.05, 3.63) is 40.0 Å². The summed E-state index contributed by atoms with van der Waals surface area (Å²) < 4.78 is 6.84. The Morgan fingerprint density at radius 2 is 1.81 bits per heavy atom. The van der Waals surface area contributed by atoms with Crippen LogP contribution in [0, 0.1) is 3.57 Å². The molecule has 0 saturated heterocycles. The number of fused-ring (bicyclic) bond motifs is 1. The fourth-order valence-corrected chi connectivity index (χ4v) is 6.27. The zero-order valence-corrected chi connectivity index (χ0v) is 13.4. The molecule has 2 rings (SSSR count). The maximum atomic E-state index is 5.55. The molecule has 0 aliphatic carbocycles. The minimum atomic E-state index is -1.86. The monoisotopic (exact) mass is 355 g/mol. The smallest absolute Gasteiger partial charge is 0.230 e. The molecule has 0 spiro atoms. The molecule has 0 amide bonds. The third-order valence-corrected chi connectivity index (χ3v) is 7.93. The summed E-state index contributed by atoms with van der Waals surface area (Å²) in [6.45, 7) is 4.40. The summed E-state index contributed by atoms with van der Waals surface area (Å²) in [6.07, 6.45) is 0. The SMILES string of the molecule is C[Si](C)(O[Si])c1c(I)ccc2ccccc12. The molecule has 81 valence electrons. The average Bonchev–Trinajstić information content (AvgIpc) is 2.28. The molecule has 4 heteroatoms. The Morgan fingerprint density at radius 1 is 1.12 bits per heavy atom. The van der Waals surface area contributed by atoms with E-state index in [9.17, 15) is 0 Å². The maximum absolute atomic E-state index is 5.55. The zero-order chi connectivity index (χ0) is 11.8. The Bertz CT molecular complexity index is 525. The predicted octanol–water partition coefficient (Wildman–Crippen LogP) is 2.96. The van der Waals surface area contributed by atoms with Crippen LogP contribution in [0.15, 0.2) is 36.4 Å². The predicted molar refractivity (Wildman–Crippen MR) is 80.6 cm³/mol. The summed E-state index contributed by atoms with van der Waals surface area (Å²) >= 11 is 2.39. The molecule has 0 atom stereocenters. The minimum Gasteiger partial charge on any atom is -0.454 e. The first-order valence-electron chi connectivity index (χ1n) is 5.09. The van der Waals surface area contributed by atoms with E-state index in [0.29, 0.717) is 0 Å². The molecule has 0 N–H and O–H groups in total. The van der Waals surface area contributed by atoms with Gasteiger partial charge in [-0.15, -0.1) is 0 Å². The number of benzene rings is 2. The van der Waals surface area contributed by atoms with E-state index in [1.807, 2.05) is 0 Å². The van der Waals surface area contributed by atoms with Crippen LogP contribution in [0.25, 0.3) is 10.8 Å². The van der Waals surface area contributed by atoms with Crippen molar-refractivity contribution in [2.24, 2.45) is 0 Å². The summed E-state index contributed by atoms with van der Waals surface area (Å²) in [7, 11) is 1.38. The molecule has 0 fully saturated rings. The summed E-state index contributed by atoms with van der Waals surface area (Å²) in [5.74, 6) is 0. The molecule has 0 aromatic heterocycles. The van der Waals surface area contributed by atoms with Gasteiger partial charge in [-0.1, -0.05) is 30.3 Å². The first kappa shape index (κ1) is 12.3. The van der Waals surface area contributed by atoms with E-state index in [0.717, 1.165) is 0 Å². The van der Waals surface area contributed by atoms with Crippen LogP contribution in [0.1, 0.15) is 0 Å². The zero-order valence-electron chi connectivity index (χ0n) is 9.25. The van der Waals surface area contributed by atoms with E-state index in [2.05, 4.69) is 82.6 Å². The second kappa shape index (κ2) is 4.60. The molecule has 1 nitrogen and oxygen atoms in total. The third kappa shape index (κ3) is 2.11. The van der Waals surface area contributed by atoms with Gasteiger partial charge in [-0.2, -0.15) is 0 Å². The molecule has 2 aromatic carbocycles. The summed E-state index contributed by atoms with van der Waals surface area (Å²) in [6, 6.07) is 12.8. The molecule has 0 heterocycles. The second-order valence-corrected chi connectivity index (χ2v) is 9.76. The largest absolute Gasteiger partial charge is 0.454 e. The highest BCUT2D eigenvalue weighted by molar-refractivity contribution is 14.1. The van der Waals surface area contributed by atoms with Crippen LogP contribution in [0.5, 0.6) is 0 Å². The van der Waals surface area contributed by atoms with Gasteiger partial charge in [-0.05, 0) is 57.7 Å². The molecule has 0 saturated carbocycles. The normalized spacial score (nSPS) is 12.0. The van der Waals surface area contributed by atoms with Crippen LogP contribution in [0.2, 0.25) is 13.1 Å². The van der Waals surface area contributed by atoms with E-state index in [-0.39, 0.29) is 0 Å². The van der Waals surface area contributed by atoms with Gasteiger partial charge in [-0.3, -0.25) is 0 Å². The molecular formula is C12H12IOSi2. The molecule has 0 aliphatic heterocycles. The van der Waals surface area contributed by atoms with Crippen molar-refractivity contribution in [2.45, 2.75) is 13.1 Å². The Kier molecular flexibility index (Phi) is 3.53. The molecule has 0 aliphatic rings. The highest BCUT2D eigenvalue weighted by Crippen LogP contribution is 2.20. The van der Waals surface area contributed by atoms with Crippen molar-refractivity contribution in [3.8, 4) is 0 Å². The molecule has 0 bridgehead atoms. The van der Waals surface area contributed by atoms with Gasteiger partial charge in [-0.25, -0.2) is 0 Å². The van der Waals surface area contributed by atoms with Crippen molar-refractivity contribution < 1.29 is 4.12 Å². The third-order valence-electron chi connectivity index (χ3n) is 2.74. The number of hydrogen-bond acceptors (Lipinski definition) is 1. The van der Waals surface area contributed by atoms with E-state index in [4.69, 9.17) is 4.12 Å². The van der Waals surface area contributed by atoms with Crippen LogP contribution < -0.4 is 5.19 Å². The van der Waals surface area contributed by atoms with E-state index < -0.39 is 8.32 Å². The minimum absolute atomic E-state index is 1.28. The fraction of sp³-hybridized carbons (Fsp3) is 0.167. The second-order valence-electron chi connectivity index (χ2n) is 4.26. The number of hydrogen-bond donors (Lipinski definition) is 0. The van der Waals surface area contributed by atoms with Gasteiger partial charge in [0.25, 0.3) is 0 Å². The van der Waals surface area contributed by atoms with Gasteiger partial charge in [0.2, 0.25) is 18.8 Å². The molecule has 0 unspecified atom stereocenters. The van der Waals surface area contributed by atoms with Crippen molar-refractivity contribution in [2.75, 3.05) is 0 Å². The van der Waals surface area contributed by atoms with Crippen molar-refractivity contribution in [1.29, 1.82) is 0 Å². The Morgan fingerprint density at radius 3 is 2.50 bits per heavy atom. The molecule has 16 heavy (non-hydrogen) atoms. The van der Waals surface area contributed by atoms with Gasteiger partial charge in [0.1, 0.15) is 0 Å². The van der Waals surface area contributed by atoms with Crippen LogP contribution in [-0.2, 0) is 4.12 Å². The Labute approximate surface area is 114 Å². The lowest BCUT2D eigenvalue weighted by atomic mass is 10.1. The maximum Gasteiger partial charge on any atom is 0.230 e. The van der Waals surface area contributed by atoms with Crippen molar-refractivity contribution >= 4 is 57.4 Å². The summed E-state index contributed by atoms with van der Waals surface area (Å²) in [5.41, 5.74) is 0. The lowest BCUT2D eigenvalue weighted by Gasteiger charge is -2.24. The van der Waals surface area contributed by atoms with Gasteiger partial charge in [0.05, 0.1) is 0 Å². The van der Waals surface area contributed by atoms with Crippen LogP contribution in [-0.4, -0.2) is 18.8 Å². The highest BCUT2D eigenvalue weighted by atomic mass is 127. The molecule has 3 radical (unpaired) electrons. The van der Waals surface area contributed by atoms with Gasteiger partial charge in [0, 0.05) is 3.57 Å². The van der Waals surface area contributed by atoms with Gasteiger partial charge in [0.15, 0.2) is 0 Å². The van der Waals surface area contributed by atoms with Crippen LogP contribution in [0.4, 0.5) is 0 Å². The standard InChI is InChI=1S/C12H12IOSi2/c1-16(2,14-15)12-10-6-4-3-5-9(10)7-8-11(12)13/h3-8H,1-2H3. The lowest BCUT2D eigenvalue weighted by Crippen LogP contribution is -2.46. The number of rotatable bonds is 2. The van der Waals surface area contributed by atoms with Crippen molar-refractivity contribution in [3.63, 3.8) is 0 Å². The first-order chi connectivity index (χ1) is 7.56. The van der Waals surface area contributed by atoms with E-state index in [1.165, 1.54) is 19.5 Å². The molecular weight excluding hydrogens is 343 g/mol. The quantitative estimate of drug-likeness (QED) is 0.595. The van der Waals surface area contributed by atoms with Crippen LogP contribution >= 0.6 is 22.6 Å². The van der Waals surface area contributed by atoms with Gasteiger partial charge < -0.3 is 4.12 Å². The summed E-state index contributed by atoms with van der Waals surface area (Å²) in [4.78, 5) is 0. The Hall–Kier alpha value is -0.176. The average molecular weight is 355 g/mol. The van der Waals surface area contributed by atoms with Crippen molar-refractivity contribution in [1.82, 2.24) is 0 Å². The lowest BCUT2D eigenvalue weighted by molar-refractivity contribution is 0.628. The Balaban J connectivity index is 2.81. The van der Waals surface area contributed by atoms with E-state index >= 15 is 0 Å². The van der Waals surface area contributed by atoms with Gasteiger partial charge >= 0.3 is 0 Å². The number of halogens is 1. The van der Waals surface area contributed by atoms with Crippen LogP contribution in [0.3, 0.4) is 0 Å². The first-order valence-corrected chi connectivity index (χ1v) is 9.48. The topological polar surface area (TPSA) is 9.23 Å². The highest BCUT2D eigenvalue weighted by Gasteiger charge is 2.27.